The molecule has 0 aromatic heterocycles. The highest BCUT2D eigenvalue weighted by molar-refractivity contribution is 7.92. The number of anilines is 1. The molecule has 1 aliphatic carbocycles. The molecule has 1 saturated carbocycles. The second-order valence-electron chi connectivity index (χ2n) is 6.96. The lowest BCUT2D eigenvalue weighted by atomic mass is 9.63. The Balaban J connectivity index is 1.42. The van der Waals surface area contributed by atoms with Gasteiger partial charge in [0, 0.05) is 24.1 Å². The van der Waals surface area contributed by atoms with E-state index in [0.29, 0.717) is 48.3 Å². The van der Waals surface area contributed by atoms with Crippen LogP contribution in [-0.4, -0.2) is 39.0 Å². The van der Waals surface area contributed by atoms with Gasteiger partial charge in [-0.2, -0.15) is 0 Å². The van der Waals surface area contributed by atoms with E-state index in [1.54, 1.807) is 12.1 Å². The van der Waals surface area contributed by atoms with Gasteiger partial charge in [0.2, 0.25) is 5.91 Å². The number of nitrogens with one attached hydrogen (secondary N) is 1. The molecule has 3 aliphatic rings. The Labute approximate surface area is 145 Å². The number of hydrogen-bond acceptors (Lipinski definition) is 5. The van der Waals surface area contributed by atoms with Crippen LogP contribution in [0.4, 0.5) is 5.69 Å². The van der Waals surface area contributed by atoms with Crippen molar-refractivity contribution < 1.29 is 22.7 Å². The average Bonchev–Trinajstić information content (AvgIpc) is 2.67. The zero-order valence-electron chi connectivity index (χ0n) is 13.0. The van der Waals surface area contributed by atoms with Gasteiger partial charge < -0.3 is 14.8 Å². The lowest BCUT2D eigenvalue weighted by Crippen LogP contribution is -2.58. The van der Waals surface area contributed by atoms with Crippen LogP contribution in [0.25, 0.3) is 0 Å². The number of fused-ring (bicyclic) bond motifs is 1. The number of sulfone groups is 1. The van der Waals surface area contributed by atoms with Crippen LogP contribution in [0, 0.1) is 11.3 Å². The van der Waals surface area contributed by atoms with Gasteiger partial charge in [0.05, 0.1) is 29.7 Å². The second kappa shape index (κ2) is 5.52. The van der Waals surface area contributed by atoms with Crippen LogP contribution in [0.3, 0.4) is 0 Å². The molecule has 0 atom stereocenters. The van der Waals surface area contributed by atoms with Crippen molar-refractivity contribution in [2.45, 2.75) is 19.3 Å². The first-order chi connectivity index (χ1) is 11.4. The molecule has 0 unspecified atom stereocenters. The van der Waals surface area contributed by atoms with Crippen molar-refractivity contribution in [3.05, 3.63) is 17.2 Å². The van der Waals surface area contributed by atoms with E-state index in [1.165, 1.54) is 0 Å². The van der Waals surface area contributed by atoms with Gasteiger partial charge in [-0.3, -0.25) is 4.79 Å². The van der Waals surface area contributed by atoms with Gasteiger partial charge in [0.15, 0.2) is 21.3 Å². The monoisotopic (exact) mass is 371 g/mol. The smallest absolute Gasteiger partial charge is 0.227 e. The Hall–Kier alpha value is -1.47. The first-order valence-corrected chi connectivity index (χ1v) is 10.2. The third kappa shape index (κ3) is 2.84. The molecule has 0 bridgehead atoms. The number of hydrogen-bond donors (Lipinski definition) is 1. The summed E-state index contributed by atoms with van der Waals surface area (Å²) in [6.45, 7) is 1.09. The second-order valence-corrected chi connectivity index (χ2v) is 9.43. The highest BCUT2D eigenvalue weighted by Gasteiger charge is 2.57. The van der Waals surface area contributed by atoms with Gasteiger partial charge in [-0.1, -0.05) is 11.6 Å². The molecule has 6 nitrogen and oxygen atoms in total. The van der Waals surface area contributed by atoms with Gasteiger partial charge in [-0.25, -0.2) is 8.42 Å². The van der Waals surface area contributed by atoms with Gasteiger partial charge in [-0.15, -0.1) is 0 Å². The average molecular weight is 372 g/mol. The molecule has 1 N–H and O–H groups in total. The van der Waals surface area contributed by atoms with Crippen molar-refractivity contribution in [2.75, 3.05) is 30.0 Å². The molecule has 8 heteroatoms. The molecule has 2 fully saturated rings. The molecule has 2 aliphatic heterocycles. The SMILES string of the molecule is O=C(Nc1cc(Cl)c2c(c1)OCCCO2)C1CC2(C1)CS(=O)(=O)C2. The lowest BCUT2D eigenvalue weighted by Gasteiger charge is -2.52. The van der Waals surface area contributed by atoms with Crippen molar-refractivity contribution in [3.63, 3.8) is 0 Å². The van der Waals surface area contributed by atoms with Gasteiger partial charge in [0.25, 0.3) is 0 Å². The molecule has 2 heterocycles. The third-order valence-corrected chi connectivity index (χ3v) is 7.24. The summed E-state index contributed by atoms with van der Waals surface area (Å²) < 4.78 is 33.8. The molecular weight excluding hydrogens is 354 g/mol. The van der Waals surface area contributed by atoms with Crippen molar-refractivity contribution in [2.24, 2.45) is 11.3 Å². The number of carbonyl (C=O) groups is 1. The fourth-order valence-corrected chi connectivity index (χ4v) is 6.36. The van der Waals surface area contributed by atoms with Gasteiger partial charge >= 0.3 is 0 Å². The van der Waals surface area contributed by atoms with Crippen LogP contribution in [0.5, 0.6) is 11.5 Å². The summed E-state index contributed by atoms with van der Waals surface area (Å²) in [6.07, 6.45) is 2.05. The zero-order chi connectivity index (χ0) is 16.9. The number of ether oxygens (including phenoxy) is 2. The maximum atomic E-state index is 12.4. The third-order valence-electron chi connectivity index (χ3n) is 4.85. The minimum absolute atomic E-state index is 0.101. The Kier molecular flexibility index (Phi) is 3.69. The predicted octanol–water partition coefficient (Wildman–Crippen LogP) is 2.26. The number of amides is 1. The number of rotatable bonds is 2. The maximum Gasteiger partial charge on any atom is 0.227 e. The fourth-order valence-electron chi connectivity index (χ4n) is 3.84. The van der Waals surface area contributed by atoms with Crippen LogP contribution in [0.15, 0.2) is 12.1 Å². The Morgan fingerprint density at radius 3 is 2.62 bits per heavy atom. The summed E-state index contributed by atoms with van der Waals surface area (Å²) in [5.74, 6) is 1.24. The minimum atomic E-state index is -2.86. The van der Waals surface area contributed by atoms with Crippen molar-refractivity contribution in [3.8, 4) is 11.5 Å². The van der Waals surface area contributed by atoms with E-state index in [9.17, 15) is 13.2 Å². The summed E-state index contributed by atoms with van der Waals surface area (Å²) in [6, 6.07) is 3.36. The van der Waals surface area contributed by atoms with E-state index in [4.69, 9.17) is 21.1 Å². The highest BCUT2D eigenvalue weighted by Crippen LogP contribution is 2.53. The van der Waals surface area contributed by atoms with Gasteiger partial charge in [0.1, 0.15) is 0 Å². The van der Waals surface area contributed by atoms with E-state index in [-0.39, 0.29) is 28.7 Å². The van der Waals surface area contributed by atoms with E-state index in [1.807, 2.05) is 0 Å². The number of benzene rings is 1. The molecule has 0 radical (unpaired) electrons. The summed E-state index contributed by atoms with van der Waals surface area (Å²) in [4.78, 5) is 12.4. The number of carbonyl (C=O) groups excluding carboxylic acids is 1. The molecule has 130 valence electrons. The molecule has 1 aromatic carbocycles. The molecule has 1 amide bonds. The highest BCUT2D eigenvalue weighted by atomic mass is 35.5. The molecular formula is C16H18ClNO5S. The Morgan fingerprint density at radius 1 is 1.21 bits per heavy atom. The van der Waals surface area contributed by atoms with E-state index in [0.717, 1.165) is 6.42 Å². The van der Waals surface area contributed by atoms with Crippen LogP contribution < -0.4 is 14.8 Å². The zero-order valence-corrected chi connectivity index (χ0v) is 14.6. The Morgan fingerprint density at radius 2 is 1.92 bits per heavy atom. The standard InChI is InChI=1S/C16H18ClNO5S/c17-12-4-11(5-13-14(12)23-3-1-2-22-13)18-15(19)10-6-16(7-10)8-24(20,21)9-16/h4-5,10H,1-3,6-9H2,(H,18,19). The lowest BCUT2D eigenvalue weighted by molar-refractivity contribution is -0.126. The topological polar surface area (TPSA) is 81.7 Å². The molecule has 1 aromatic rings. The summed E-state index contributed by atoms with van der Waals surface area (Å²) in [5, 5.41) is 3.26. The minimum Gasteiger partial charge on any atom is -0.489 e. The summed E-state index contributed by atoms with van der Waals surface area (Å²) in [5.41, 5.74) is 0.417. The van der Waals surface area contributed by atoms with Crippen molar-refractivity contribution in [1.82, 2.24) is 0 Å². The largest absolute Gasteiger partial charge is 0.489 e. The van der Waals surface area contributed by atoms with Crippen molar-refractivity contribution >= 4 is 33.0 Å². The van der Waals surface area contributed by atoms with E-state index < -0.39 is 9.84 Å². The van der Waals surface area contributed by atoms with Crippen LogP contribution in [0.1, 0.15) is 19.3 Å². The van der Waals surface area contributed by atoms with E-state index >= 15 is 0 Å². The fraction of sp³-hybridized carbons (Fsp3) is 0.562. The molecule has 24 heavy (non-hydrogen) atoms. The summed E-state index contributed by atoms with van der Waals surface area (Å²) in [7, 11) is -2.86. The quantitative estimate of drug-likeness (QED) is 0.862. The summed E-state index contributed by atoms with van der Waals surface area (Å²) >= 11 is 6.22. The predicted molar refractivity (Wildman–Crippen MR) is 89.5 cm³/mol. The Bertz CT molecular complexity index is 787. The van der Waals surface area contributed by atoms with E-state index in [2.05, 4.69) is 5.32 Å². The first-order valence-electron chi connectivity index (χ1n) is 7.96. The van der Waals surface area contributed by atoms with Gasteiger partial charge in [-0.05, 0) is 24.3 Å². The van der Waals surface area contributed by atoms with Crippen LogP contribution in [-0.2, 0) is 14.6 Å². The molecule has 1 saturated heterocycles. The van der Waals surface area contributed by atoms with Crippen LogP contribution in [0.2, 0.25) is 5.02 Å². The maximum absolute atomic E-state index is 12.4. The first kappa shape index (κ1) is 16.0. The number of halogens is 1. The molecule has 4 rings (SSSR count). The van der Waals surface area contributed by atoms with Crippen LogP contribution >= 0.6 is 11.6 Å². The van der Waals surface area contributed by atoms with Crippen molar-refractivity contribution in [1.29, 1.82) is 0 Å². The molecule has 1 spiro atoms. The normalized spacial score (nSPS) is 23.7.